The molecule has 0 saturated carbocycles. The minimum Gasteiger partial charge on any atom is -0.502 e. The molecule has 0 aliphatic carbocycles. The molecule has 0 atom stereocenters. The molecule has 76 valence electrons. The highest BCUT2D eigenvalue weighted by Crippen LogP contribution is 2.30. The highest BCUT2D eigenvalue weighted by molar-refractivity contribution is 5.51. The summed E-state index contributed by atoms with van der Waals surface area (Å²) in [7, 11) is 0. The monoisotopic (exact) mass is 195 g/mol. The summed E-state index contributed by atoms with van der Waals surface area (Å²) < 4.78 is 0. The van der Waals surface area contributed by atoms with Gasteiger partial charge >= 0.3 is 5.69 Å². The number of nitro groups is 1. The molecule has 0 aliphatic rings. The van der Waals surface area contributed by atoms with Gasteiger partial charge in [0.25, 0.3) is 0 Å². The molecule has 1 rings (SSSR count). The van der Waals surface area contributed by atoms with E-state index in [4.69, 9.17) is 0 Å². The van der Waals surface area contributed by atoms with Gasteiger partial charge in [0.1, 0.15) is 0 Å². The van der Waals surface area contributed by atoms with Crippen LogP contribution in [0.1, 0.15) is 19.4 Å². The lowest BCUT2D eigenvalue weighted by Crippen LogP contribution is -1.99. The van der Waals surface area contributed by atoms with Crippen LogP contribution in [0.15, 0.2) is 18.2 Å². The van der Waals surface area contributed by atoms with Gasteiger partial charge < -0.3 is 5.11 Å². The molecule has 0 radical (unpaired) electrons. The summed E-state index contributed by atoms with van der Waals surface area (Å²) in [6.45, 7) is 3.96. The largest absolute Gasteiger partial charge is 0.502 e. The zero-order valence-corrected chi connectivity index (χ0v) is 8.23. The van der Waals surface area contributed by atoms with Crippen LogP contribution in [0.4, 0.5) is 5.69 Å². The molecule has 0 amide bonds. The van der Waals surface area contributed by atoms with E-state index < -0.39 is 4.92 Å². The van der Waals surface area contributed by atoms with Gasteiger partial charge in [-0.25, -0.2) is 0 Å². The highest BCUT2D eigenvalue weighted by Gasteiger charge is 2.19. The van der Waals surface area contributed by atoms with Crippen molar-refractivity contribution in [1.82, 2.24) is 0 Å². The van der Waals surface area contributed by atoms with Crippen LogP contribution in [0.25, 0.3) is 0 Å². The van der Waals surface area contributed by atoms with Crippen molar-refractivity contribution >= 4 is 5.69 Å². The molecule has 1 N–H and O–H groups in total. The van der Waals surface area contributed by atoms with E-state index in [1.807, 2.05) is 13.8 Å². The Hall–Kier alpha value is -1.58. The predicted molar refractivity (Wildman–Crippen MR) is 53.3 cm³/mol. The van der Waals surface area contributed by atoms with Gasteiger partial charge in [0.2, 0.25) is 0 Å². The summed E-state index contributed by atoms with van der Waals surface area (Å²) in [4.78, 5) is 10.1. The molecule has 0 aromatic heterocycles. The van der Waals surface area contributed by atoms with Crippen molar-refractivity contribution < 1.29 is 10.0 Å². The third kappa shape index (κ3) is 2.22. The van der Waals surface area contributed by atoms with Gasteiger partial charge in [0.05, 0.1) is 4.92 Å². The number of aromatic hydroxyl groups is 1. The molecule has 0 heterocycles. The summed E-state index contributed by atoms with van der Waals surface area (Å²) in [5.74, 6) is 0.0728. The first-order valence-corrected chi connectivity index (χ1v) is 4.47. The van der Waals surface area contributed by atoms with Crippen molar-refractivity contribution in [2.45, 2.75) is 20.3 Å². The van der Waals surface area contributed by atoms with E-state index in [0.717, 1.165) is 0 Å². The number of nitro benzene ring substituents is 1. The number of hydrogen-bond donors (Lipinski definition) is 1. The molecule has 4 nitrogen and oxygen atoms in total. The average Bonchev–Trinajstić information content (AvgIpc) is 2.01. The van der Waals surface area contributed by atoms with Crippen molar-refractivity contribution in [3.63, 3.8) is 0 Å². The van der Waals surface area contributed by atoms with Gasteiger partial charge in [-0.15, -0.1) is 0 Å². The second-order valence-corrected chi connectivity index (χ2v) is 3.64. The highest BCUT2D eigenvalue weighted by atomic mass is 16.6. The van der Waals surface area contributed by atoms with Crippen LogP contribution in [-0.2, 0) is 6.42 Å². The zero-order chi connectivity index (χ0) is 10.7. The molecule has 0 aliphatic heterocycles. The third-order valence-electron chi connectivity index (χ3n) is 1.91. The Balaban J connectivity index is 3.14. The van der Waals surface area contributed by atoms with Gasteiger partial charge in [0.15, 0.2) is 5.75 Å². The van der Waals surface area contributed by atoms with Gasteiger partial charge in [-0.1, -0.05) is 26.0 Å². The normalized spacial score (nSPS) is 10.5. The first kappa shape index (κ1) is 10.5. The number of nitrogens with zero attached hydrogens (tertiary/aromatic N) is 1. The molecular formula is C10H13NO3. The maximum atomic E-state index is 10.7. The van der Waals surface area contributed by atoms with Gasteiger partial charge in [-0.3, -0.25) is 10.1 Å². The van der Waals surface area contributed by atoms with Crippen molar-refractivity contribution in [3.8, 4) is 5.75 Å². The topological polar surface area (TPSA) is 63.4 Å². The van der Waals surface area contributed by atoms with E-state index in [-0.39, 0.29) is 11.4 Å². The van der Waals surface area contributed by atoms with Crippen molar-refractivity contribution in [3.05, 3.63) is 33.9 Å². The summed E-state index contributed by atoms with van der Waals surface area (Å²) in [5.41, 5.74) is 0.422. The van der Waals surface area contributed by atoms with Crippen LogP contribution in [0.3, 0.4) is 0 Å². The van der Waals surface area contributed by atoms with Crippen LogP contribution < -0.4 is 0 Å². The second kappa shape index (κ2) is 4.09. The fourth-order valence-electron chi connectivity index (χ4n) is 1.39. The number of rotatable bonds is 3. The lowest BCUT2D eigenvalue weighted by molar-refractivity contribution is -0.386. The Morgan fingerprint density at radius 2 is 2.14 bits per heavy atom. The summed E-state index contributed by atoms with van der Waals surface area (Å²) in [6, 6.07) is 4.64. The molecule has 0 fully saturated rings. The number of para-hydroxylation sites is 1. The molecule has 0 unspecified atom stereocenters. The Kier molecular flexibility index (Phi) is 3.06. The third-order valence-corrected chi connectivity index (χ3v) is 1.91. The quantitative estimate of drug-likeness (QED) is 0.595. The predicted octanol–water partition coefficient (Wildman–Crippen LogP) is 2.50. The van der Waals surface area contributed by atoms with E-state index >= 15 is 0 Å². The van der Waals surface area contributed by atoms with Crippen LogP contribution in [0.5, 0.6) is 5.75 Å². The summed E-state index contributed by atoms with van der Waals surface area (Å²) in [5, 5.41) is 20.0. The SMILES string of the molecule is CC(C)Cc1cccc(O)c1[N+](=O)[O-]. The van der Waals surface area contributed by atoms with Crippen LogP contribution >= 0.6 is 0 Å². The molecule has 0 spiro atoms. The molecule has 1 aromatic rings. The van der Waals surface area contributed by atoms with Crippen molar-refractivity contribution in [2.24, 2.45) is 5.92 Å². The number of hydrogen-bond acceptors (Lipinski definition) is 3. The van der Waals surface area contributed by atoms with Crippen molar-refractivity contribution in [1.29, 1.82) is 0 Å². The lowest BCUT2D eigenvalue weighted by atomic mass is 10.0. The minimum absolute atomic E-state index is 0.166. The van der Waals surface area contributed by atoms with Crippen LogP contribution in [-0.4, -0.2) is 10.0 Å². The van der Waals surface area contributed by atoms with Gasteiger partial charge in [-0.05, 0) is 18.4 Å². The van der Waals surface area contributed by atoms with Crippen LogP contribution in [0, 0.1) is 16.0 Å². The smallest absolute Gasteiger partial charge is 0.313 e. The standard InChI is InChI=1S/C10H13NO3/c1-7(2)6-8-4-3-5-9(12)10(8)11(13)14/h3-5,7,12H,6H2,1-2H3. The number of benzene rings is 1. The van der Waals surface area contributed by atoms with Gasteiger partial charge in [-0.2, -0.15) is 0 Å². The number of phenolic OH excluding ortho intramolecular Hbond substituents is 1. The molecular weight excluding hydrogens is 182 g/mol. The van der Waals surface area contributed by atoms with E-state index in [9.17, 15) is 15.2 Å². The molecule has 0 saturated heterocycles. The first-order chi connectivity index (χ1) is 6.52. The Morgan fingerprint density at radius 3 is 2.64 bits per heavy atom. The van der Waals surface area contributed by atoms with E-state index in [0.29, 0.717) is 17.9 Å². The Morgan fingerprint density at radius 1 is 1.50 bits per heavy atom. The fraction of sp³-hybridized carbons (Fsp3) is 0.400. The van der Waals surface area contributed by atoms with E-state index in [1.54, 1.807) is 12.1 Å². The van der Waals surface area contributed by atoms with Crippen molar-refractivity contribution in [2.75, 3.05) is 0 Å². The van der Waals surface area contributed by atoms with Gasteiger partial charge in [0, 0.05) is 5.56 Å². The average molecular weight is 195 g/mol. The van der Waals surface area contributed by atoms with E-state index in [2.05, 4.69) is 0 Å². The molecule has 4 heteroatoms. The molecule has 14 heavy (non-hydrogen) atoms. The first-order valence-electron chi connectivity index (χ1n) is 4.47. The lowest BCUT2D eigenvalue weighted by Gasteiger charge is -2.06. The Labute approximate surface area is 82.3 Å². The zero-order valence-electron chi connectivity index (χ0n) is 8.23. The summed E-state index contributed by atoms with van der Waals surface area (Å²) in [6.07, 6.45) is 0.602. The number of phenols is 1. The maximum absolute atomic E-state index is 10.7. The maximum Gasteiger partial charge on any atom is 0.313 e. The Bertz CT molecular complexity index is 347. The molecule has 1 aromatic carbocycles. The van der Waals surface area contributed by atoms with Crippen LogP contribution in [0.2, 0.25) is 0 Å². The second-order valence-electron chi connectivity index (χ2n) is 3.64. The van der Waals surface area contributed by atoms with E-state index in [1.165, 1.54) is 6.07 Å². The summed E-state index contributed by atoms with van der Waals surface area (Å²) >= 11 is 0. The fourth-order valence-corrected chi connectivity index (χ4v) is 1.39. The minimum atomic E-state index is -0.535. The molecule has 0 bridgehead atoms.